The quantitative estimate of drug-likeness (QED) is 0.675. The van der Waals surface area contributed by atoms with Crippen LogP contribution in [-0.2, 0) is 0 Å². The van der Waals surface area contributed by atoms with Crippen molar-refractivity contribution < 1.29 is 15.3 Å². The highest BCUT2D eigenvalue weighted by atomic mass is 16.3. The maximum absolute atomic E-state index is 10.1. The number of phenolic OH excluding ortho intramolecular Hbond substituents is 2. The zero-order valence-electron chi connectivity index (χ0n) is 11.3. The number of benzene rings is 2. The van der Waals surface area contributed by atoms with Crippen LogP contribution in [0.3, 0.4) is 0 Å². The molecular formula is C16H19NO3. The second kappa shape index (κ2) is 6.41. The Morgan fingerprint density at radius 3 is 2.15 bits per heavy atom. The molecule has 4 heteroatoms. The average molecular weight is 273 g/mol. The largest absolute Gasteiger partial charge is 0.507 e. The first-order valence-electron chi connectivity index (χ1n) is 6.57. The molecule has 0 saturated heterocycles. The van der Waals surface area contributed by atoms with Gasteiger partial charge < -0.3 is 20.6 Å². The SMILES string of the molecule is CC(NCC(O)c1ccccc1)c1c(O)cccc1O. The lowest BCUT2D eigenvalue weighted by Gasteiger charge is -2.19. The zero-order chi connectivity index (χ0) is 14.5. The van der Waals surface area contributed by atoms with Crippen molar-refractivity contribution in [3.63, 3.8) is 0 Å². The Morgan fingerprint density at radius 2 is 1.55 bits per heavy atom. The van der Waals surface area contributed by atoms with Crippen LogP contribution in [0.5, 0.6) is 11.5 Å². The molecule has 0 heterocycles. The maximum Gasteiger partial charge on any atom is 0.124 e. The molecule has 4 N–H and O–H groups in total. The molecule has 0 aliphatic carbocycles. The molecule has 0 bridgehead atoms. The second-order valence-electron chi connectivity index (χ2n) is 4.77. The van der Waals surface area contributed by atoms with E-state index in [1.54, 1.807) is 6.07 Å². The minimum Gasteiger partial charge on any atom is -0.507 e. The molecule has 0 radical (unpaired) electrons. The zero-order valence-corrected chi connectivity index (χ0v) is 11.3. The molecule has 0 aromatic heterocycles. The third-order valence-corrected chi connectivity index (χ3v) is 3.29. The third-order valence-electron chi connectivity index (χ3n) is 3.29. The molecule has 0 saturated carbocycles. The number of aliphatic hydroxyl groups excluding tert-OH is 1. The van der Waals surface area contributed by atoms with Crippen molar-refractivity contribution in [2.24, 2.45) is 0 Å². The summed E-state index contributed by atoms with van der Waals surface area (Å²) in [7, 11) is 0. The van der Waals surface area contributed by atoms with Crippen LogP contribution in [0.2, 0.25) is 0 Å². The van der Waals surface area contributed by atoms with Gasteiger partial charge in [-0.25, -0.2) is 0 Å². The predicted molar refractivity (Wildman–Crippen MR) is 77.6 cm³/mol. The second-order valence-corrected chi connectivity index (χ2v) is 4.77. The summed E-state index contributed by atoms with van der Waals surface area (Å²) < 4.78 is 0. The molecule has 20 heavy (non-hydrogen) atoms. The lowest BCUT2D eigenvalue weighted by atomic mass is 10.0. The Bertz CT molecular complexity index is 537. The molecule has 4 nitrogen and oxygen atoms in total. The van der Waals surface area contributed by atoms with Crippen LogP contribution in [0, 0.1) is 0 Å². The van der Waals surface area contributed by atoms with Crippen LogP contribution in [-0.4, -0.2) is 21.9 Å². The molecule has 2 atom stereocenters. The number of hydrogen-bond donors (Lipinski definition) is 4. The number of aromatic hydroxyl groups is 2. The average Bonchev–Trinajstić information content (AvgIpc) is 2.45. The summed E-state index contributed by atoms with van der Waals surface area (Å²) >= 11 is 0. The fourth-order valence-corrected chi connectivity index (χ4v) is 2.17. The highest BCUT2D eigenvalue weighted by Gasteiger charge is 2.16. The monoisotopic (exact) mass is 273 g/mol. The van der Waals surface area contributed by atoms with E-state index in [4.69, 9.17) is 0 Å². The van der Waals surface area contributed by atoms with Crippen molar-refractivity contribution in [3.05, 3.63) is 59.7 Å². The van der Waals surface area contributed by atoms with Gasteiger partial charge in [0.1, 0.15) is 11.5 Å². The van der Waals surface area contributed by atoms with Crippen LogP contribution in [0.15, 0.2) is 48.5 Å². The van der Waals surface area contributed by atoms with Gasteiger partial charge in [0.25, 0.3) is 0 Å². The number of nitrogens with one attached hydrogen (secondary N) is 1. The van der Waals surface area contributed by atoms with Crippen LogP contribution < -0.4 is 5.32 Å². The van der Waals surface area contributed by atoms with Crippen molar-refractivity contribution in [2.75, 3.05) is 6.54 Å². The number of phenols is 2. The van der Waals surface area contributed by atoms with Gasteiger partial charge in [0.15, 0.2) is 0 Å². The van der Waals surface area contributed by atoms with Gasteiger partial charge in [-0.1, -0.05) is 36.4 Å². The van der Waals surface area contributed by atoms with E-state index in [9.17, 15) is 15.3 Å². The Balaban J connectivity index is 2.00. The minimum absolute atomic E-state index is 0.0409. The van der Waals surface area contributed by atoms with E-state index in [0.29, 0.717) is 12.1 Å². The van der Waals surface area contributed by atoms with E-state index in [1.807, 2.05) is 37.3 Å². The Kier molecular flexibility index (Phi) is 4.61. The van der Waals surface area contributed by atoms with Crippen molar-refractivity contribution >= 4 is 0 Å². The fourth-order valence-electron chi connectivity index (χ4n) is 2.17. The first-order valence-corrected chi connectivity index (χ1v) is 6.57. The summed E-state index contributed by atoms with van der Waals surface area (Å²) in [5.74, 6) is 0.0819. The van der Waals surface area contributed by atoms with Gasteiger partial charge >= 0.3 is 0 Å². The molecule has 0 aliphatic rings. The maximum atomic E-state index is 10.1. The van der Waals surface area contributed by atoms with E-state index in [0.717, 1.165) is 5.56 Å². The van der Waals surface area contributed by atoms with Crippen molar-refractivity contribution in [3.8, 4) is 11.5 Å². The van der Waals surface area contributed by atoms with Gasteiger partial charge in [0.2, 0.25) is 0 Å². The smallest absolute Gasteiger partial charge is 0.124 e. The Hall–Kier alpha value is -2.04. The standard InChI is InChI=1S/C16H19NO3/c1-11(16-13(18)8-5-9-14(16)19)17-10-15(20)12-6-3-2-4-7-12/h2-9,11,15,17-20H,10H2,1H3. The molecule has 0 spiro atoms. The normalized spacial score (nSPS) is 13.9. The molecule has 2 rings (SSSR count). The van der Waals surface area contributed by atoms with Crippen LogP contribution >= 0.6 is 0 Å². The van der Waals surface area contributed by atoms with E-state index in [2.05, 4.69) is 5.32 Å². The van der Waals surface area contributed by atoms with Crippen LogP contribution in [0.25, 0.3) is 0 Å². The molecule has 2 aromatic rings. The Morgan fingerprint density at radius 1 is 0.950 bits per heavy atom. The molecule has 2 unspecified atom stereocenters. The molecule has 106 valence electrons. The summed E-state index contributed by atoms with van der Waals surface area (Å²) in [4.78, 5) is 0. The summed E-state index contributed by atoms with van der Waals surface area (Å²) in [6.45, 7) is 2.16. The highest BCUT2D eigenvalue weighted by Crippen LogP contribution is 2.32. The minimum atomic E-state index is -0.633. The topological polar surface area (TPSA) is 72.7 Å². The Labute approximate surface area is 118 Å². The summed E-state index contributed by atoms with van der Waals surface area (Å²) in [5.41, 5.74) is 1.27. The predicted octanol–water partition coefficient (Wildman–Crippen LogP) is 2.48. The summed E-state index contributed by atoms with van der Waals surface area (Å²) in [6.07, 6.45) is -0.633. The summed E-state index contributed by atoms with van der Waals surface area (Å²) in [5, 5.41) is 32.7. The molecule has 0 fully saturated rings. The lowest BCUT2D eigenvalue weighted by Crippen LogP contribution is -2.24. The van der Waals surface area contributed by atoms with Crippen molar-refractivity contribution in [1.29, 1.82) is 0 Å². The van der Waals surface area contributed by atoms with E-state index in [-0.39, 0.29) is 17.5 Å². The first kappa shape index (κ1) is 14.4. The van der Waals surface area contributed by atoms with Gasteiger partial charge in [0, 0.05) is 12.6 Å². The molecule has 2 aromatic carbocycles. The first-order chi connectivity index (χ1) is 9.59. The fraction of sp³-hybridized carbons (Fsp3) is 0.250. The number of aliphatic hydroxyl groups is 1. The van der Waals surface area contributed by atoms with E-state index >= 15 is 0 Å². The van der Waals surface area contributed by atoms with Gasteiger partial charge in [0.05, 0.1) is 11.7 Å². The van der Waals surface area contributed by atoms with Crippen LogP contribution in [0.4, 0.5) is 0 Å². The van der Waals surface area contributed by atoms with Gasteiger partial charge in [-0.05, 0) is 24.6 Å². The van der Waals surface area contributed by atoms with Gasteiger partial charge in [-0.3, -0.25) is 0 Å². The van der Waals surface area contributed by atoms with E-state index < -0.39 is 6.10 Å². The molecular weight excluding hydrogens is 254 g/mol. The highest BCUT2D eigenvalue weighted by molar-refractivity contribution is 5.44. The molecule has 0 aliphatic heterocycles. The summed E-state index contributed by atoms with van der Waals surface area (Å²) in [6, 6.07) is 13.7. The van der Waals surface area contributed by atoms with E-state index in [1.165, 1.54) is 12.1 Å². The van der Waals surface area contributed by atoms with Gasteiger partial charge in [-0.2, -0.15) is 0 Å². The lowest BCUT2D eigenvalue weighted by molar-refractivity contribution is 0.170. The van der Waals surface area contributed by atoms with Crippen LogP contribution in [0.1, 0.15) is 30.2 Å². The number of hydrogen-bond acceptors (Lipinski definition) is 4. The van der Waals surface area contributed by atoms with Crippen molar-refractivity contribution in [2.45, 2.75) is 19.1 Å². The van der Waals surface area contributed by atoms with Crippen molar-refractivity contribution in [1.82, 2.24) is 5.32 Å². The molecule has 0 amide bonds. The van der Waals surface area contributed by atoms with Gasteiger partial charge in [-0.15, -0.1) is 0 Å². The number of rotatable bonds is 5. The third kappa shape index (κ3) is 3.29.